The number of nitrogens with two attached hydrogens (primary N) is 1. The molecular formula is C20H22N4O2. The lowest BCUT2D eigenvalue weighted by Gasteiger charge is -2.31. The average Bonchev–Trinajstić information content (AvgIpc) is 3.11. The second kappa shape index (κ2) is 6.78. The summed E-state index contributed by atoms with van der Waals surface area (Å²) in [6.07, 6.45) is 3.93. The SMILES string of the molecule is NC(=O)C1CCN(C(=O)c2cccnc2N2CCc3ccccc32)CC1. The predicted octanol–water partition coefficient (Wildman–Crippen LogP) is 2.11. The molecule has 0 radical (unpaired) electrons. The third-order valence-electron chi connectivity index (χ3n) is 5.34. The summed E-state index contributed by atoms with van der Waals surface area (Å²) in [5.41, 5.74) is 8.40. The van der Waals surface area contributed by atoms with Gasteiger partial charge in [-0.1, -0.05) is 18.2 Å². The van der Waals surface area contributed by atoms with Crippen LogP contribution in [0, 0.1) is 5.92 Å². The Morgan fingerprint density at radius 3 is 2.58 bits per heavy atom. The summed E-state index contributed by atoms with van der Waals surface area (Å²) in [6, 6.07) is 11.9. The summed E-state index contributed by atoms with van der Waals surface area (Å²) in [7, 11) is 0. The number of carbonyl (C=O) groups is 2. The highest BCUT2D eigenvalue weighted by Gasteiger charge is 2.30. The molecule has 0 bridgehead atoms. The van der Waals surface area contributed by atoms with E-state index in [9.17, 15) is 9.59 Å². The number of anilines is 2. The molecule has 0 unspecified atom stereocenters. The minimum Gasteiger partial charge on any atom is -0.369 e. The van der Waals surface area contributed by atoms with Crippen molar-refractivity contribution in [3.8, 4) is 0 Å². The normalized spacial score (nSPS) is 17.2. The fourth-order valence-electron chi connectivity index (χ4n) is 3.87. The van der Waals surface area contributed by atoms with Gasteiger partial charge in [-0.05, 0) is 43.0 Å². The minimum absolute atomic E-state index is 0.0274. The predicted molar refractivity (Wildman–Crippen MR) is 99.2 cm³/mol. The van der Waals surface area contributed by atoms with E-state index >= 15 is 0 Å². The number of aromatic nitrogens is 1. The van der Waals surface area contributed by atoms with Gasteiger partial charge in [0.15, 0.2) is 0 Å². The van der Waals surface area contributed by atoms with Crippen molar-refractivity contribution < 1.29 is 9.59 Å². The van der Waals surface area contributed by atoms with Crippen LogP contribution < -0.4 is 10.6 Å². The molecular weight excluding hydrogens is 328 g/mol. The molecule has 6 heteroatoms. The third-order valence-corrected chi connectivity index (χ3v) is 5.34. The number of carbonyl (C=O) groups excluding carboxylic acids is 2. The van der Waals surface area contributed by atoms with Gasteiger partial charge in [0.2, 0.25) is 5.91 Å². The van der Waals surface area contributed by atoms with Gasteiger partial charge in [-0.3, -0.25) is 9.59 Å². The van der Waals surface area contributed by atoms with Crippen molar-refractivity contribution in [2.75, 3.05) is 24.5 Å². The highest BCUT2D eigenvalue weighted by Crippen LogP contribution is 2.35. The number of hydrogen-bond acceptors (Lipinski definition) is 4. The summed E-state index contributed by atoms with van der Waals surface area (Å²) in [6.45, 7) is 1.93. The molecule has 4 rings (SSSR count). The summed E-state index contributed by atoms with van der Waals surface area (Å²) in [4.78, 5) is 32.9. The van der Waals surface area contributed by atoms with Crippen molar-refractivity contribution in [3.63, 3.8) is 0 Å². The summed E-state index contributed by atoms with van der Waals surface area (Å²) in [5.74, 6) is 0.283. The molecule has 2 amide bonds. The van der Waals surface area contributed by atoms with Gasteiger partial charge in [-0.25, -0.2) is 4.98 Å². The molecule has 3 heterocycles. The van der Waals surface area contributed by atoms with E-state index < -0.39 is 0 Å². The fraction of sp³-hybridized carbons (Fsp3) is 0.350. The second-order valence-corrected chi connectivity index (χ2v) is 6.87. The van der Waals surface area contributed by atoms with Gasteiger partial charge in [-0.15, -0.1) is 0 Å². The molecule has 1 saturated heterocycles. The lowest BCUT2D eigenvalue weighted by atomic mass is 9.96. The molecule has 2 aliphatic rings. The number of amides is 2. The Bertz CT molecular complexity index is 843. The van der Waals surface area contributed by atoms with Crippen molar-refractivity contribution in [3.05, 3.63) is 53.7 Å². The van der Waals surface area contributed by atoms with E-state index in [-0.39, 0.29) is 17.7 Å². The van der Waals surface area contributed by atoms with E-state index in [1.165, 1.54) is 5.56 Å². The zero-order valence-electron chi connectivity index (χ0n) is 14.6. The molecule has 2 N–H and O–H groups in total. The number of pyridine rings is 1. The van der Waals surface area contributed by atoms with Gasteiger partial charge in [0, 0.05) is 37.4 Å². The zero-order valence-corrected chi connectivity index (χ0v) is 14.6. The smallest absolute Gasteiger partial charge is 0.257 e. The van der Waals surface area contributed by atoms with Crippen LogP contribution in [0.2, 0.25) is 0 Å². The quantitative estimate of drug-likeness (QED) is 0.919. The summed E-state index contributed by atoms with van der Waals surface area (Å²) in [5, 5.41) is 0. The maximum absolute atomic E-state index is 13.1. The third kappa shape index (κ3) is 2.92. The Kier molecular flexibility index (Phi) is 4.32. The van der Waals surface area contributed by atoms with Crippen LogP contribution in [0.5, 0.6) is 0 Å². The Hall–Kier alpha value is -2.89. The highest BCUT2D eigenvalue weighted by atomic mass is 16.2. The van der Waals surface area contributed by atoms with E-state index in [0.29, 0.717) is 37.3 Å². The summed E-state index contributed by atoms with van der Waals surface area (Å²) < 4.78 is 0. The largest absolute Gasteiger partial charge is 0.369 e. The number of rotatable bonds is 3. The molecule has 134 valence electrons. The minimum atomic E-state index is -0.271. The van der Waals surface area contributed by atoms with Crippen molar-refractivity contribution in [2.45, 2.75) is 19.3 Å². The molecule has 0 spiro atoms. The Morgan fingerprint density at radius 1 is 1.04 bits per heavy atom. The molecule has 2 aromatic rings. The first kappa shape index (κ1) is 16.6. The number of likely N-dealkylation sites (tertiary alicyclic amines) is 1. The Morgan fingerprint density at radius 2 is 1.81 bits per heavy atom. The number of primary amides is 1. The van der Waals surface area contributed by atoms with E-state index in [0.717, 1.165) is 18.7 Å². The number of piperidine rings is 1. The van der Waals surface area contributed by atoms with Gasteiger partial charge in [0.05, 0.1) is 5.56 Å². The molecule has 6 nitrogen and oxygen atoms in total. The van der Waals surface area contributed by atoms with Crippen molar-refractivity contribution >= 4 is 23.3 Å². The molecule has 0 saturated carbocycles. The lowest BCUT2D eigenvalue weighted by Crippen LogP contribution is -2.42. The van der Waals surface area contributed by atoms with Gasteiger partial charge >= 0.3 is 0 Å². The molecule has 1 aromatic heterocycles. The first-order chi connectivity index (χ1) is 12.6. The lowest BCUT2D eigenvalue weighted by molar-refractivity contribution is -0.123. The van der Waals surface area contributed by atoms with Crippen LogP contribution in [0.4, 0.5) is 11.5 Å². The highest BCUT2D eigenvalue weighted by molar-refractivity contribution is 6.00. The monoisotopic (exact) mass is 350 g/mol. The Labute approximate surface area is 152 Å². The number of hydrogen-bond donors (Lipinski definition) is 1. The van der Waals surface area contributed by atoms with E-state index in [1.54, 1.807) is 12.3 Å². The average molecular weight is 350 g/mol. The first-order valence-corrected chi connectivity index (χ1v) is 9.04. The molecule has 26 heavy (non-hydrogen) atoms. The van der Waals surface area contributed by atoms with Crippen LogP contribution >= 0.6 is 0 Å². The number of benzene rings is 1. The number of fused-ring (bicyclic) bond motifs is 1. The standard InChI is InChI=1S/C20H22N4O2/c21-18(25)15-7-11-23(12-8-15)20(26)16-5-3-10-22-19(16)24-13-9-14-4-1-2-6-17(14)24/h1-6,10,15H,7-9,11-13H2,(H2,21,25). The van der Waals surface area contributed by atoms with E-state index in [1.807, 2.05) is 23.1 Å². The fourth-order valence-corrected chi connectivity index (χ4v) is 3.87. The van der Waals surface area contributed by atoms with E-state index in [4.69, 9.17) is 5.73 Å². The van der Waals surface area contributed by atoms with E-state index in [2.05, 4.69) is 22.0 Å². The van der Waals surface area contributed by atoms with Crippen LogP contribution in [-0.4, -0.2) is 41.3 Å². The Balaban J connectivity index is 1.59. The van der Waals surface area contributed by atoms with Gasteiger partial charge in [0.25, 0.3) is 5.91 Å². The van der Waals surface area contributed by atoms with Crippen LogP contribution in [-0.2, 0) is 11.2 Å². The summed E-state index contributed by atoms with van der Waals surface area (Å²) >= 11 is 0. The van der Waals surface area contributed by atoms with Crippen molar-refractivity contribution in [1.82, 2.24) is 9.88 Å². The number of nitrogens with zero attached hydrogens (tertiary/aromatic N) is 3. The number of para-hydroxylation sites is 1. The van der Waals surface area contributed by atoms with Crippen molar-refractivity contribution in [1.29, 1.82) is 0 Å². The van der Waals surface area contributed by atoms with Gasteiger partial charge < -0.3 is 15.5 Å². The maximum Gasteiger partial charge on any atom is 0.257 e. The van der Waals surface area contributed by atoms with Gasteiger partial charge in [0.1, 0.15) is 5.82 Å². The molecule has 2 aliphatic heterocycles. The topological polar surface area (TPSA) is 79.5 Å². The zero-order chi connectivity index (χ0) is 18.1. The molecule has 0 aliphatic carbocycles. The molecule has 1 aromatic carbocycles. The van der Waals surface area contributed by atoms with Crippen LogP contribution in [0.15, 0.2) is 42.6 Å². The molecule has 1 fully saturated rings. The first-order valence-electron chi connectivity index (χ1n) is 9.04. The molecule has 0 atom stereocenters. The second-order valence-electron chi connectivity index (χ2n) is 6.87. The maximum atomic E-state index is 13.1. The van der Waals surface area contributed by atoms with Gasteiger partial charge in [-0.2, -0.15) is 0 Å². The van der Waals surface area contributed by atoms with Crippen LogP contribution in [0.3, 0.4) is 0 Å². The van der Waals surface area contributed by atoms with Crippen molar-refractivity contribution in [2.24, 2.45) is 11.7 Å². The van der Waals surface area contributed by atoms with Crippen LogP contribution in [0.1, 0.15) is 28.8 Å². The van der Waals surface area contributed by atoms with Crippen LogP contribution in [0.25, 0.3) is 0 Å².